The third-order valence-electron chi connectivity index (χ3n) is 6.35. The molecule has 1 aromatic rings. The van der Waals surface area contributed by atoms with E-state index in [0.29, 0.717) is 19.0 Å². The number of benzene rings is 1. The van der Waals surface area contributed by atoms with Crippen molar-refractivity contribution in [3.63, 3.8) is 0 Å². The van der Waals surface area contributed by atoms with Gasteiger partial charge >= 0.3 is 0 Å². The maximum absolute atomic E-state index is 12.5. The summed E-state index contributed by atoms with van der Waals surface area (Å²) in [6.45, 7) is 7.70. The fraction of sp³-hybridized carbons (Fsp3) is 0.630. The third kappa shape index (κ3) is 9.26. The molecular formula is C27H45N4O4. The zero-order valence-corrected chi connectivity index (χ0v) is 20.1. The number of rotatable bonds is 5. The number of Topliss-reactive ketones (excluding diaryl/α,β-unsaturated/α-hetero) is 1. The summed E-state index contributed by atoms with van der Waals surface area (Å²) in [5, 5.41) is 5.66. The van der Waals surface area contributed by atoms with Gasteiger partial charge in [0.2, 0.25) is 11.8 Å². The molecule has 0 saturated carbocycles. The molecular weight excluding hydrogens is 444 g/mol. The van der Waals surface area contributed by atoms with Gasteiger partial charge in [-0.05, 0) is 50.6 Å². The van der Waals surface area contributed by atoms with Crippen LogP contribution in [0.5, 0.6) is 5.75 Å². The van der Waals surface area contributed by atoms with Crippen LogP contribution in [0.15, 0.2) is 18.2 Å². The summed E-state index contributed by atoms with van der Waals surface area (Å²) in [4.78, 5) is 41.7. The Labute approximate surface area is 211 Å². The number of likely N-dealkylation sites (tertiary alicyclic amines) is 1. The second-order valence-electron chi connectivity index (χ2n) is 9.25. The van der Waals surface area contributed by atoms with E-state index in [1.54, 1.807) is 21.0 Å². The summed E-state index contributed by atoms with van der Waals surface area (Å²) in [5.74, 6) is 0.700. The normalized spacial score (nSPS) is 21.5. The molecule has 1 atom stereocenters. The molecule has 197 valence electrons. The summed E-state index contributed by atoms with van der Waals surface area (Å²) in [5.41, 5.74) is 2.15. The van der Waals surface area contributed by atoms with Crippen LogP contribution in [-0.4, -0.2) is 73.8 Å². The monoisotopic (exact) mass is 489 g/mol. The molecule has 3 rings (SSSR count). The molecule has 2 fully saturated rings. The van der Waals surface area contributed by atoms with Crippen molar-refractivity contribution in [2.45, 2.75) is 61.1 Å². The van der Waals surface area contributed by atoms with Crippen LogP contribution >= 0.6 is 0 Å². The zero-order chi connectivity index (χ0) is 23.8. The van der Waals surface area contributed by atoms with Crippen molar-refractivity contribution in [3.05, 3.63) is 35.2 Å². The lowest BCUT2D eigenvalue weighted by Gasteiger charge is -2.28. The second-order valence-corrected chi connectivity index (χ2v) is 9.25. The summed E-state index contributed by atoms with van der Waals surface area (Å²) in [6.07, 6.45) is 3.74. The van der Waals surface area contributed by atoms with Crippen molar-refractivity contribution < 1.29 is 19.1 Å². The lowest BCUT2D eigenvalue weighted by Crippen LogP contribution is -2.46. The number of ether oxygens (including phenoxy) is 1. The molecule has 2 aliphatic heterocycles. The van der Waals surface area contributed by atoms with Gasteiger partial charge in [0.1, 0.15) is 11.5 Å². The molecule has 1 radical (unpaired) electrons. The molecule has 2 N–H and O–H groups in total. The Hall–Kier alpha value is -2.45. The molecule has 2 aliphatic rings. The number of piperidine rings is 1. The fourth-order valence-corrected chi connectivity index (χ4v) is 4.45. The Balaban J connectivity index is 0.00000306. The van der Waals surface area contributed by atoms with E-state index < -0.39 is 0 Å². The minimum atomic E-state index is -0.322. The molecule has 2 heterocycles. The number of hydrogen-bond acceptors (Lipinski definition) is 6. The molecule has 1 unspecified atom stereocenters. The number of hydrogen-bond donors (Lipinski definition) is 2. The van der Waals surface area contributed by atoms with Crippen LogP contribution in [0.2, 0.25) is 0 Å². The Morgan fingerprint density at radius 3 is 2.26 bits per heavy atom. The van der Waals surface area contributed by atoms with Crippen LogP contribution in [0.25, 0.3) is 0 Å². The van der Waals surface area contributed by atoms with Crippen molar-refractivity contribution in [3.8, 4) is 5.75 Å². The van der Waals surface area contributed by atoms with Gasteiger partial charge in [0.05, 0.1) is 26.1 Å². The number of amides is 2. The predicted octanol–water partition coefficient (Wildman–Crippen LogP) is 2.80. The van der Waals surface area contributed by atoms with Crippen LogP contribution in [0.3, 0.4) is 0 Å². The van der Waals surface area contributed by atoms with E-state index in [1.165, 1.54) is 19.3 Å². The highest BCUT2D eigenvalue weighted by atomic mass is 16.5. The number of carbonyl (C=O) groups excluding carboxylic acids is 3. The van der Waals surface area contributed by atoms with E-state index in [-0.39, 0.29) is 58.0 Å². The molecule has 8 heteroatoms. The molecule has 2 saturated heterocycles. The quantitative estimate of drug-likeness (QED) is 0.661. The first-order valence-corrected chi connectivity index (χ1v) is 11.9. The first-order chi connectivity index (χ1) is 15.9. The third-order valence-corrected chi connectivity index (χ3v) is 6.35. The van der Waals surface area contributed by atoms with Gasteiger partial charge in [0.15, 0.2) is 0 Å². The van der Waals surface area contributed by atoms with Crippen molar-refractivity contribution in [2.75, 3.05) is 46.4 Å². The Bertz CT molecular complexity index is 808. The van der Waals surface area contributed by atoms with Gasteiger partial charge in [-0.3, -0.25) is 24.2 Å². The average Bonchev–Trinajstić information content (AvgIpc) is 2.80. The average molecular weight is 490 g/mol. The van der Waals surface area contributed by atoms with Gasteiger partial charge in [0.25, 0.3) is 0 Å². The van der Waals surface area contributed by atoms with Crippen LogP contribution in [-0.2, 0) is 27.5 Å². The first-order valence-electron chi connectivity index (χ1n) is 11.9. The first kappa shape index (κ1) is 30.6. The second kappa shape index (κ2) is 14.8. The van der Waals surface area contributed by atoms with E-state index in [4.69, 9.17) is 4.74 Å². The Morgan fingerprint density at radius 1 is 0.943 bits per heavy atom. The van der Waals surface area contributed by atoms with E-state index in [0.717, 1.165) is 36.5 Å². The lowest BCUT2D eigenvalue weighted by molar-refractivity contribution is -0.126. The summed E-state index contributed by atoms with van der Waals surface area (Å²) in [7, 11) is 1.68. The summed E-state index contributed by atoms with van der Waals surface area (Å²) in [6, 6.07) is 6.08. The molecule has 35 heavy (non-hydrogen) atoms. The molecule has 2 amide bonds. The van der Waals surface area contributed by atoms with E-state index in [2.05, 4.69) is 21.6 Å². The van der Waals surface area contributed by atoms with E-state index in [9.17, 15) is 14.4 Å². The molecule has 0 spiro atoms. The summed E-state index contributed by atoms with van der Waals surface area (Å²) < 4.78 is 5.59. The summed E-state index contributed by atoms with van der Waals surface area (Å²) >= 11 is 0. The van der Waals surface area contributed by atoms with Crippen molar-refractivity contribution in [2.24, 2.45) is 5.92 Å². The number of nitrogens with one attached hydrogen (secondary N) is 2. The minimum absolute atomic E-state index is 0. The van der Waals surface area contributed by atoms with Gasteiger partial charge in [-0.25, -0.2) is 0 Å². The zero-order valence-electron chi connectivity index (χ0n) is 20.1. The predicted molar refractivity (Wildman–Crippen MR) is 140 cm³/mol. The fourth-order valence-electron chi connectivity index (χ4n) is 4.45. The van der Waals surface area contributed by atoms with Gasteiger partial charge in [-0.15, -0.1) is 0 Å². The number of methoxy groups -OCH3 is 1. The minimum Gasteiger partial charge on any atom is -0.496 e. The number of carbonyl (C=O) groups is 3. The van der Waals surface area contributed by atoms with Gasteiger partial charge < -0.3 is 15.4 Å². The maximum atomic E-state index is 12.5. The Morgan fingerprint density at radius 2 is 1.60 bits per heavy atom. The Kier molecular flexibility index (Phi) is 13.0. The topological polar surface area (TPSA) is 91.0 Å². The molecule has 8 nitrogen and oxygen atoms in total. The highest BCUT2D eigenvalue weighted by Gasteiger charge is 2.24. The van der Waals surface area contributed by atoms with Crippen LogP contribution in [0.4, 0.5) is 0 Å². The highest BCUT2D eigenvalue weighted by Crippen LogP contribution is 2.24. The van der Waals surface area contributed by atoms with Crippen molar-refractivity contribution in [1.82, 2.24) is 20.4 Å². The molecule has 0 bridgehead atoms. The SMILES string of the molecule is C.C.COc1ccc(CN2CC(=O)NC[C](C)C(=O)C(C)CNC(=O)C2)cc1CN1CCCCC1. The van der Waals surface area contributed by atoms with Crippen molar-refractivity contribution >= 4 is 17.6 Å². The smallest absolute Gasteiger partial charge is 0.234 e. The van der Waals surface area contributed by atoms with Gasteiger partial charge in [-0.2, -0.15) is 0 Å². The number of nitrogens with zero attached hydrogens (tertiary/aromatic N) is 2. The molecule has 0 aliphatic carbocycles. The molecule has 0 aromatic heterocycles. The van der Waals surface area contributed by atoms with Crippen LogP contribution in [0, 0.1) is 11.8 Å². The standard InChI is InChI=1S/C25H37N4O4.2CH4/c1-18-12-26-23(30)16-29(17-24(31)27-13-19(2)25(18)32)14-20-7-8-22(33-3)21(11-20)15-28-9-5-4-6-10-28;;/h7-8,11,18H,4-6,9-10,12-17H2,1-3H3,(H,26,30)(H,27,31);2*1H4. The largest absolute Gasteiger partial charge is 0.496 e. The van der Waals surface area contributed by atoms with Crippen molar-refractivity contribution in [1.29, 1.82) is 0 Å². The maximum Gasteiger partial charge on any atom is 0.234 e. The highest BCUT2D eigenvalue weighted by molar-refractivity contribution is 5.95. The number of ketones is 1. The van der Waals surface area contributed by atoms with E-state index >= 15 is 0 Å². The van der Waals surface area contributed by atoms with Crippen LogP contribution in [0.1, 0.15) is 59.1 Å². The van der Waals surface area contributed by atoms with Gasteiger partial charge in [0, 0.05) is 37.7 Å². The van der Waals surface area contributed by atoms with Gasteiger partial charge in [-0.1, -0.05) is 34.3 Å². The van der Waals surface area contributed by atoms with E-state index in [1.807, 2.05) is 17.0 Å². The molecule has 1 aromatic carbocycles. The lowest BCUT2D eigenvalue weighted by atomic mass is 9.95. The van der Waals surface area contributed by atoms with Crippen LogP contribution < -0.4 is 15.4 Å².